The smallest absolute Gasteiger partial charge is 0.123 e. The first-order valence-corrected chi connectivity index (χ1v) is 4.13. The summed E-state index contributed by atoms with van der Waals surface area (Å²) in [6, 6.07) is 0. The molecule has 66 valence electrons. The Labute approximate surface area is 68.6 Å². The molecule has 3 nitrogen and oxygen atoms in total. The standard InChI is InChI=1S/C8H18N2O/c1-4-6-10-8(9)7(3)11-5-2/h7H,4-6H2,1-3H3,(H2,9,10). The Balaban J connectivity index is 3.69. The zero-order chi connectivity index (χ0) is 8.69. The lowest BCUT2D eigenvalue weighted by Crippen LogP contribution is -2.29. The second-order valence-electron chi connectivity index (χ2n) is 2.40. The van der Waals surface area contributed by atoms with E-state index in [0.29, 0.717) is 12.4 Å². The highest BCUT2D eigenvalue weighted by atomic mass is 16.5. The summed E-state index contributed by atoms with van der Waals surface area (Å²) < 4.78 is 5.24. The van der Waals surface area contributed by atoms with E-state index in [1.165, 1.54) is 0 Å². The molecule has 0 aliphatic carbocycles. The topological polar surface area (TPSA) is 47.6 Å². The summed E-state index contributed by atoms with van der Waals surface area (Å²) in [7, 11) is 0. The minimum atomic E-state index is -0.0356. The maximum Gasteiger partial charge on any atom is 0.123 e. The highest BCUT2D eigenvalue weighted by Crippen LogP contribution is 1.91. The quantitative estimate of drug-likeness (QED) is 0.482. The van der Waals surface area contributed by atoms with Crippen LogP contribution in [0.1, 0.15) is 27.2 Å². The molecule has 0 saturated heterocycles. The molecule has 0 aromatic carbocycles. The Morgan fingerprint density at radius 2 is 2.18 bits per heavy atom. The van der Waals surface area contributed by atoms with Crippen molar-refractivity contribution in [2.75, 3.05) is 13.2 Å². The first-order chi connectivity index (χ1) is 5.22. The number of hydrogen-bond acceptors (Lipinski definition) is 2. The van der Waals surface area contributed by atoms with Crippen LogP contribution in [-0.2, 0) is 4.74 Å². The van der Waals surface area contributed by atoms with Gasteiger partial charge in [0.25, 0.3) is 0 Å². The summed E-state index contributed by atoms with van der Waals surface area (Å²) in [5.41, 5.74) is 5.61. The van der Waals surface area contributed by atoms with Crippen LogP contribution in [0.5, 0.6) is 0 Å². The molecule has 0 aromatic rings. The first kappa shape index (κ1) is 10.4. The summed E-state index contributed by atoms with van der Waals surface area (Å²) in [5.74, 6) is 0.605. The van der Waals surface area contributed by atoms with Crippen molar-refractivity contribution in [3.63, 3.8) is 0 Å². The van der Waals surface area contributed by atoms with Gasteiger partial charge >= 0.3 is 0 Å². The molecule has 0 spiro atoms. The molecule has 0 amide bonds. The average molecular weight is 158 g/mol. The van der Waals surface area contributed by atoms with Crippen molar-refractivity contribution in [2.45, 2.75) is 33.3 Å². The van der Waals surface area contributed by atoms with Gasteiger partial charge in [-0.3, -0.25) is 4.99 Å². The summed E-state index contributed by atoms with van der Waals surface area (Å²) >= 11 is 0. The minimum Gasteiger partial charge on any atom is -0.385 e. The van der Waals surface area contributed by atoms with Gasteiger partial charge in [-0.05, 0) is 20.3 Å². The zero-order valence-corrected chi connectivity index (χ0v) is 7.63. The molecule has 0 heterocycles. The Hall–Kier alpha value is -0.570. The fourth-order valence-corrected chi connectivity index (χ4v) is 0.705. The fourth-order valence-electron chi connectivity index (χ4n) is 0.705. The van der Waals surface area contributed by atoms with Crippen molar-refractivity contribution in [1.29, 1.82) is 0 Å². The van der Waals surface area contributed by atoms with Crippen LogP contribution in [0.15, 0.2) is 4.99 Å². The first-order valence-electron chi connectivity index (χ1n) is 4.13. The Morgan fingerprint density at radius 1 is 1.55 bits per heavy atom. The molecule has 0 saturated carbocycles. The van der Waals surface area contributed by atoms with Gasteiger partial charge in [0.2, 0.25) is 0 Å². The third kappa shape index (κ3) is 4.79. The normalized spacial score (nSPS) is 15.0. The van der Waals surface area contributed by atoms with E-state index in [0.717, 1.165) is 13.0 Å². The maximum atomic E-state index is 5.61. The van der Waals surface area contributed by atoms with Crippen LogP contribution in [0, 0.1) is 0 Å². The number of ether oxygens (including phenoxy) is 1. The summed E-state index contributed by atoms with van der Waals surface area (Å²) in [6.45, 7) is 7.41. The fraction of sp³-hybridized carbons (Fsp3) is 0.875. The van der Waals surface area contributed by atoms with Gasteiger partial charge in [0.05, 0.1) is 0 Å². The molecule has 3 heteroatoms. The van der Waals surface area contributed by atoms with Crippen molar-refractivity contribution in [3.05, 3.63) is 0 Å². The summed E-state index contributed by atoms with van der Waals surface area (Å²) in [6.07, 6.45) is 0.992. The molecule has 0 aliphatic heterocycles. The Morgan fingerprint density at radius 3 is 2.64 bits per heavy atom. The van der Waals surface area contributed by atoms with Gasteiger partial charge in [-0.2, -0.15) is 0 Å². The highest BCUT2D eigenvalue weighted by Gasteiger charge is 2.03. The van der Waals surface area contributed by atoms with Gasteiger partial charge in [0.1, 0.15) is 11.9 Å². The molecule has 0 fully saturated rings. The van der Waals surface area contributed by atoms with Gasteiger partial charge in [-0.15, -0.1) is 0 Å². The molecule has 0 aliphatic rings. The molecule has 1 unspecified atom stereocenters. The molecule has 2 N–H and O–H groups in total. The van der Waals surface area contributed by atoms with Crippen molar-refractivity contribution >= 4 is 5.84 Å². The molecule has 0 rings (SSSR count). The van der Waals surface area contributed by atoms with Gasteiger partial charge in [0.15, 0.2) is 0 Å². The van der Waals surface area contributed by atoms with Crippen LogP contribution in [0.3, 0.4) is 0 Å². The van der Waals surface area contributed by atoms with Crippen molar-refractivity contribution < 1.29 is 4.74 Å². The van der Waals surface area contributed by atoms with Crippen LogP contribution >= 0.6 is 0 Å². The predicted molar refractivity (Wildman–Crippen MR) is 47.9 cm³/mol. The Kier molecular flexibility index (Phi) is 5.84. The van der Waals surface area contributed by atoms with Gasteiger partial charge in [0, 0.05) is 13.2 Å². The highest BCUT2D eigenvalue weighted by molar-refractivity contribution is 5.84. The molecular weight excluding hydrogens is 140 g/mol. The second kappa shape index (κ2) is 6.16. The molecule has 0 radical (unpaired) electrons. The minimum absolute atomic E-state index is 0.0356. The van der Waals surface area contributed by atoms with E-state index >= 15 is 0 Å². The van der Waals surface area contributed by atoms with Crippen molar-refractivity contribution in [1.82, 2.24) is 0 Å². The molecular formula is C8H18N2O. The Bertz CT molecular complexity index is 123. The predicted octanol–water partition coefficient (Wildman–Crippen LogP) is 1.18. The van der Waals surface area contributed by atoms with Crippen molar-refractivity contribution in [2.24, 2.45) is 10.7 Å². The van der Waals surface area contributed by atoms with Crippen LogP contribution < -0.4 is 5.73 Å². The summed E-state index contributed by atoms with van der Waals surface area (Å²) in [4.78, 5) is 4.13. The van der Waals surface area contributed by atoms with Gasteiger partial charge < -0.3 is 10.5 Å². The third-order valence-electron chi connectivity index (χ3n) is 1.35. The van der Waals surface area contributed by atoms with E-state index in [-0.39, 0.29) is 6.10 Å². The molecule has 11 heavy (non-hydrogen) atoms. The van der Waals surface area contributed by atoms with E-state index in [1.54, 1.807) is 0 Å². The van der Waals surface area contributed by atoms with E-state index < -0.39 is 0 Å². The lowest BCUT2D eigenvalue weighted by atomic mass is 10.3. The van der Waals surface area contributed by atoms with E-state index in [9.17, 15) is 0 Å². The lowest BCUT2D eigenvalue weighted by Gasteiger charge is -2.10. The molecule has 0 bridgehead atoms. The van der Waals surface area contributed by atoms with E-state index in [4.69, 9.17) is 10.5 Å². The van der Waals surface area contributed by atoms with Gasteiger partial charge in [-0.25, -0.2) is 0 Å². The average Bonchev–Trinajstić information content (AvgIpc) is 2.00. The van der Waals surface area contributed by atoms with E-state index in [1.807, 2.05) is 13.8 Å². The number of aliphatic imine (C=N–C) groups is 1. The van der Waals surface area contributed by atoms with Crippen LogP contribution in [-0.4, -0.2) is 25.1 Å². The molecule has 1 atom stereocenters. The second-order valence-corrected chi connectivity index (χ2v) is 2.40. The number of nitrogens with zero attached hydrogens (tertiary/aromatic N) is 1. The maximum absolute atomic E-state index is 5.61. The summed E-state index contributed by atoms with van der Waals surface area (Å²) in [5, 5.41) is 0. The lowest BCUT2D eigenvalue weighted by molar-refractivity contribution is 0.121. The SMILES string of the molecule is CCCN=C(N)C(C)OCC. The van der Waals surface area contributed by atoms with Crippen LogP contribution in [0.25, 0.3) is 0 Å². The monoisotopic (exact) mass is 158 g/mol. The number of hydrogen-bond donors (Lipinski definition) is 1. The third-order valence-corrected chi connectivity index (χ3v) is 1.35. The number of rotatable bonds is 5. The zero-order valence-electron chi connectivity index (χ0n) is 7.63. The number of amidine groups is 1. The largest absolute Gasteiger partial charge is 0.385 e. The van der Waals surface area contributed by atoms with Crippen LogP contribution in [0.4, 0.5) is 0 Å². The molecule has 0 aromatic heterocycles. The van der Waals surface area contributed by atoms with E-state index in [2.05, 4.69) is 11.9 Å². The van der Waals surface area contributed by atoms with Crippen molar-refractivity contribution in [3.8, 4) is 0 Å². The van der Waals surface area contributed by atoms with Crippen LogP contribution in [0.2, 0.25) is 0 Å². The van der Waals surface area contributed by atoms with Gasteiger partial charge in [-0.1, -0.05) is 6.92 Å². The number of nitrogens with two attached hydrogens (primary N) is 1.